The molecule has 0 radical (unpaired) electrons. The first-order valence-corrected chi connectivity index (χ1v) is 13.2. The molecule has 0 aromatic rings. The average molecular weight is 473 g/mol. The minimum Gasteiger partial charge on any atom is -0.467 e. The number of aliphatic hydroxyl groups is 1. The van der Waals surface area contributed by atoms with Gasteiger partial charge in [-0.1, -0.05) is 24.6 Å². The van der Waals surface area contributed by atoms with Crippen molar-refractivity contribution in [1.29, 1.82) is 0 Å². The maximum atomic E-state index is 12.6. The molecular formula is C27H40N2O5. The zero-order valence-electron chi connectivity index (χ0n) is 20.9. The number of hydrogen-bond donors (Lipinski definition) is 1. The summed E-state index contributed by atoms with van der Waals surface area (Å²) in [6, 6.07) is -0.500. The molecule has 34 heavy (non-hydrogen) atoms. The van der Waals surface area contributed by atoms with Crippen LogP contribution in [0.3, 0.4) is 0 Å². The van der Waals surface area contributed by atoms with Crippen LogP contribution >= 0.6 is 0 Å². The Morgan fingerprint density at radius 2 is 1.94 bits per heavy atom. The van der Waals surface area contributed by atoms with Gasteiger partial charge >= 0.3 is 5.97 Å². The number of carbonyl (C=O) groups is 2. The topological polar surface area (TPSA) is 88.4 Å². The lowest BCUT2D eigenvalue weighted by molar-refractivity contribution is -0.152. The molecule has 7 unspecified atom stereocenters. The van der Waals surface area contributed by atoms with E-state index >= 15 is 0 Å². The van der Waals surface area contributed by atoms with Gasteiger partial charge in [0.1, 0.15) is 6.04 Å². The van der Waals surface area contributed by atoms with Crippen LogP contribution in [0.2, 0.25) is 0 Å². The van der Waals surface area contributed by atoms with Crippen LogP contribution in [0.4, 0.5) is 0 Å². The third-order valence-corrected chi connectivity index (χ3v) is 10.3. The van der Waals surface area contributed by atoms with Gasteiger partial charge in [-0.15, -0.1) is 0 Å². The molecule has 0 aromatic heterocycles. The predicted octanol–water partition coefficient (Wildman–Crippen LogP) is 3.85. The summed E-state index contributed by atoms with van der Waals surface area (Å²) in [5.74, 6) is 1.48. The number of methoxy groups -OCH3 is 1. The molecule has 1 aliphatic heterocycles. The molecular weight excluding hydrogens is 432 g/mol. The number of fused-ring (bicyclic) bond motifs is 5. The van der Waals surface area contributed by atoms with Crippen molar-refractivity contribution in [3.63, 3.8) is 0 Å². The number of amides is 1. The van der Waals surface area contributed by atoms with Crippen molar-refractivity contribution in [2.24, 2.45) is 33.7 Å². The summed E-state index contributed by atoms with van der Waals surface area (Å²) < 4.78 is 4.82. The number of carbonyl (C=O) groups excluding carboxylic acids is 2. The van der Waals surface area contributed by atoms with E-state index in [1.165, 1.54) is 31.9 Å². The Bertz CT molecular complexity index is 899. The molecule has 0 bridgehead atoms. The highest BCUT2D eigenvalue weighted by molar-refractivity contribution is 5.96. The Labute approximate surface area is 202 Å². The van der Waals surface area contributed by atoms with Crippen molar-refractivity contribution in [3.8, 4) is 0 Å². The molecule has 4 aliphatic carbocycles. The summed E-state index contributed by atoms with van der Waals surface area (Å²) in [6.45, 7) is 5.19. The number of hydrogen-bond acceptors (Lipinski definition) is 6. The number of ether oxygens (including phenoxy) is 1. The van der Waals surface area contributed by atoms with Crippen LogP contribution in [-0.4, -0.2) is 60.0 Å². The fraction of sp³-hybridized carbons (Fsp3) is 0.815. The van der Waals surface area contributed by atoms with Crippen LogP contribution < -0.4 is 0 Å². The zero-order valence-corrected chi connectivity index (χ0v) is 20.9. The summed E-state index contributed by atoms with van der Waals surface area (Å²) in [5.41, 5.74) is 2.72. The molecule has 5 rings (SSSR count). The van der Waals surface area contributed by atoms with Crippen LogP contribution in [0.25, 0.3) is 0 Å². The summed E-state index contributed by atoms with van der Waals surface area (Å²) >= 11 is 0. The van der Waals surface area contributed by atoms with Gasteiger partial charge in [0.05, 0.1) is 18.9 Å². The predicted molar refractivity (Wildman–Crippen MR) is 128 cm³/mol. The van der Waals surface area contributed by atoms with Crippen molar-refractivity contribution in [2.45, 2.75) is 90.2 Å². The van der Waals surface area contributed by atoms with Gasteiger partial charge < -0.3 is 19.6 Å². The van der Waals surface area contributed by atoms with Gasteiger partial charge in [0.2, 0.25) is 0 Å². The van der Waals surface area contributed by atoms with E-state index in [-0.39, 0.29) is 35.4 Å². The van der Waals surface area contributed by atoms with E-state index in [2.05, 4.69) is 25.1 Å². The Balaban J connectivity index is 1.23. The third kappa shape index (κ3) is 3.78. The highest BCUT2D eigenvalue weighted by atomic mass is 16.6. The zero-order chi connectivity index (χ0) is 24.1. The maximum absolute atomic E-state index is 12.6. The molecule has 1 heterocycles. The van der Waals surface area contributed by atoms with Crippen LogP contribution in [0, 0.1) is 28.6 Å². The maximum Gasteiger partial charge on any atom is 0.328 e. The van der Waals surface area contributed by atoms with E-state index in [4.69, 9.17) is 9.57 Å². The Morgan fingerprint density at radius 3 is 2.74 bits per heavy atom. The number of oxime groups is 1. The van der Waals surface area contributed by atoms with Crippen LogP contribution in [0.5, 0.6) is 0 Å². The Kier molecular flexibility index (Phi) is 6.28. The van der Waals surface area contributed by atoms with Gasteiger partial charge in [-0.25, -0.2) is 4.79 Å². The quantitative estimate of drug-likeness (QED) is 0.496. The van der Waals surface area contributed by atoms with E-state index in [1.807, 2.05) is 0 Å². The summed E-state index contributed by atoms with van der Waals surface area (Å²) in [5, 5.41) is 15.0. The van der Waals surface area contributed by atoms with Crippen LogP contribution in [-0.2, 0) is 19.2 Å². The van der Waals surface area contributed by atoms with Crippen molar-refractivity contribution in [3.05, 3.63) is 11.6 Å². The molecule has 7 nitrogen and oxygen atoms in total. The number of likely N-dealkylation sites (tertiary alicyclic amines) is 1. The number of allylic oxidation sites excluding steroid dienone is 2. The number of nitrogens with zero attached hydrogens (tertiary/aromatic N) is 2. The highest BCUT2D eigenvalue weighted by Crippen LogP contribution is 2.65. The second-order valence-electron chi connectivity index (χ2n) is 11.8. The van der Waals surface area contributed by atoms with Crippen LogP contribution in [0.15, 0.2) is 16.8 Å². The molecule has 7 heteroatoms. The standard InChI is InChI=1S/C27H40N2O5/c1-26-12-10-18(28-34-16-24(31)29-14-4-5-22(29)25(32)33-3)15-17(26)6-7-19-20-8-9-23(30)27(20,2)13-11-21(19)26/h15,19-23,30H,4-14,16H2,1-3H3. The van der Waals surface area contributed by atoms with Crippen molar-refractivity contribution < 1.29 is 24.3 Å². The minimum absolute atomic E-state index is 0.114. The highest BCUT2D eigenvalue weighted by Gasteiger charge is 2.58. The van der Waals surface area contributed by atoms with Gasteiger partial charge in [-0.3, -0.25) is 4.79 Å². The molecule has 1 saturated heterocycles. The monoisotopic (exact) mass is 472 g/mol. The van der Waals surface area contributed by atoms with Crippen molar-refractivity contribution >= 4 is 17.6 Å². The Hall–Kier alpha value is -1.89. The molecule has 188 valence electrons. The summed E-state index contributed by atoms with van der Waals surface area (Å²) in [7, 11) is 1.35. The summed E-state index contributed by atoms with van der Waals surface area (Å²) in [4.78, 5) is 31.5. The number of esters is 1. The fourth-order valence-electron chi connectivity index (χ4n) is 8.32. The molecule has 0 spiro atoms. The van der Waals surface area contributed by atoms with Crippen molar-refractivity contribution in [1.82, 2.24) is 4.90 Å². The first-order valence-electron chi connectivity index (χ1n) is 13.2. The van der Waals surface area contributed by atoms with Crippen molar-refractivity contribution in [2.75, 3.05) is 20.3 Å². The first-order chi connectivity index (χ1) is 16.3. The largest absolute Gasteiger partial charge is 0.467 e. The SMILES string of the molecule is COC(=O)C1CCCN1C(=O)CON=C1C=C2CCC3C(CCC4(C)C(O)CCC34)C2(C)CC1. The summed E-state index contributed by atoms with van der Waals surface area (Å²) in [6.07, 6.45) is 12.2. The van der Waals surface area contributed by atoms with E-state index in [0.717, 1.165) is 44.2 Å². The molecule has 7 atom stereocenters. The third-order valence-electron chi connectivity index (χ3n) is 10.3. The normalized spacial score (nSPS) is 42.5. The number of aliphatic hydroxyl groups excluding tert-OH is 1. The minimum atomic E-state index is -0.500. The Morgan fingerprint density at radius 1 is 1.12 bits per heavy atom. The van der Waals surface area contributed by atoms with Gasteiger partial charge in [-0.2, -0.15) is 0 Å². The lowest BCUT2D eigenvalue weighted by atomic mass is 9.47. The molecule has 4 fully saturated rings. The average Bonchev–Trinajstić information content (AvgIpc) is 3.43. The van der Waals surface area contributed by atoms with E-state index < -0.39 is 6.04 Å². The smallest absolute Gasteiger partial charge is 0.328 e. The van der Waals surface area contributed by atoms with E-state index in [0.29, 0.717) is 30.7 Å². The lowest BCUT2D eigenvalue weighted by Crippen LogP contribution is -2.51. The number of rotatable bonds is 4. The molecule has 3 saturated carbocycles. The second-order valence-corrected chi connectivity index (χ2v) is 11.8. The molecule has 5 aliphatic rings. The second kappa shape index (κ2) is 8.96. The van der Waals surface area contributed by atoms with E-state index in [9.17, 15) is 14.7 Å². The molecule has 0 aromatic carbocycles. The van der Waals surface area contributed by atoms with Crippen LogP contribution in [0.1, 0.15) is 78.1 Å². The fourth-order valence-corrected chi connectivity index (χ4v) is 8.32. The first kappa shape index (κ1) is 23.8. The van der Waals surface area contributed by atoms with Gasteiger partial charge in [0.25, 0.3) is 5.91 Å². The molecule has 1 amide bonds. The molecule has 1 N–H and O–H groups in total. The lowest BCUT2D eigenvalue weighted by Gasteiger charge is -2.57. The van der Waals surface area contributed by atoms with Gasteiger partial charge in [-0.05, 0) is 98.9 Å². The van der Waals surface area contributed by atoms with E-state index in [1.54, 1.807) is 4.90 Å². The van der Waals surface area contributed by atoms with Gasteiger partial charge in [0.15, 0.2) is 6.61 Å². The van der Waals surface area contributed by atoms with Gasteiger partial charge in [0, 0.05) is 6.54 Å².